The van der Waals surface area contributed by atoms with E-state index in [2.05, 4.69) is 5.32 Å². The predicted octanol–water partition coefficient (Wildman–Crippen LogP) is 3.34. The Bertz CT molecular complexity index is 1020. The first-order valence-corrected chi connectivity index (χ1v) is 13.0. The van der Waals surface area contributed by atoms with Crippen molar-refractivity contribution >= 4 is 27.5 Å². The van der Waals surface area contributed by atoms with E-state index in [1.54, 1.807) is 24.3 Å². The van der Waals surface area contributed by atoms with Gasteiger partial charge in [0.1, 0.15) is 12.6 Å². The van der Waals surface area contributed by atoms with Crippen molar-refractivity contribution in [1.29, 1.82) is 0 Å². The maximum Gasteiger partial charge on any atom is 0.244 e. The average molecular weight is 474 g/mol. The van der Waals surface area contributed by atoms with Gasteiger partial charge in [0.15, 0.2) is 0 Å². The zero-order valence-electron chi connectivity index (χ0n) is 20.1. The molecule has 2 aromatic carbocycles. The molecule has 0 saturated carbocycles. The van der Waals surface area contributed by atoms with Crippen molar-refractivity contribution in [3.05, 3.63) is 65.7 Å². The maximum atomic E-state index is 13.5. The quantitative estimate of drug-likeness (QED) is 0.542. The number of nitrogens with zero attached hydrogens (tertiary/aromatic N) is 2. The normalized spacial score (nSPS) is 12.3. The number of sulfonamides is 1. The van der Waals surface area contributed by atoms with Crippen molar-refractivity contribution in [3.63, 3.8) is 0 Å². The van der Waals surface area contributed by atoms with Gasteiger partial charge in [-0.05, 0) is 37.0 Å². The summed E-state index contributed by atoms with van der Waals surface area (Å²) in [6.07, 6.45) is 1.49. The number of hydrogen-bond acceptors (Lipinski definition) is 4. The molecule has 0 aliphatic heterocycles. The molecule has 1 N–H and O–H groups in total. The zero-order valence-corrected chi connectivity index (χ0v) is 20.9. The second-order valence-electron chi connectivity index (χ2n) is 8.68. The Morgan fingerprint density at radius 2 is 1.61 bits per heavy atom. The lowest BCUT2D eigenvalue weighted by molar-refractivity contribution is -0.140. The molecule has 0 spiro atoms. The maximum absolute atomic E-state index is 13.5. The summed E-state index contributed by atoms with van der Waals surface area (Å²) >= 11 is 0. The van der Waals surface area contributed by atoms with E-state index in [0.29, 0.717) is 18.7 Å². The van der Waals surface area contributed by atoms with Crippen LogP contribution in [0.3, 0.4) is 0 Å². The summed E-state index contributed by atoms with van der Waals surface area (Å²) in [5.41, 5.74) is 2.26. The first kappa shape index (κ1) is 26.4. The minimum atomic E-state index is -3.72. The molecule has 0 aromatic heterocycles. The minimum absolute atomic E-state index is 0.207. The van der Waals surface area contributed by atoms with E-state index in [-0.39, 0.29) is 24.9 Å². The van der Waals surface area contributed by atoms with Gasteiger partial charge in [-0.1, -0.05) is 68.8 Å². The lowest BCUT2D eigenvalue weighted by Crippen LogP contribution is -2.52. The van der Waals surface area contributed by atoms with Crippen LogP contribution in [0.1, 0.15) is 38.3 Å². The van der Waals surface area contributed by atoms with Gasteiger partial charge >= 0.3 is 0 Å². The topological polar surface area (TPSA) is 86.8 Å². The number of benzene rings is 2. The summed E-state index contributed by atoms with van der Waals surface area (Å²) in [5, 5.41) is 2.91. The Balaban J connectivity index is 2.37. The highest BCUT2D eigenvalue weighted by molar-refractivity contribution is 7.92. The fraction of sp³-hybridized carbons (Fsp3) is 0.440. The van der Waals surface area contributed by atoms with Crippen LogP contribution in [-0.4, -0.2) is 50.5 Å². The zero-order chi connectivity index (χ0) is 24.6. The molecule has 1 atom stereocenters. The summed E-state index contributed by atoms with van der Waals surface area (Å²) in [5.74, 6) is -0.403. The molecule has 2 amide bonds. The van der Waals surface area contributed by atoms with Crippen molar-refractivity contribution in [1.82, 2.24) is 10.2 Å². The Labute approximate surface area is 197 Å². The molecule has 7 nitrogen and oxygen atoms in total. The number of aryl methyl sites for hydroxylation is 1. The molecular weight excluding hydrogens is 438 g/mol. The standard InChI is InChI=1S/C25H35N3O4S/c1-6-23(25(30)26-16-19(2)3)27(17-21-10-8-7-9-11-21)24(29)18-28(33(5,31)32)22-14-12-20(4)13-15-22/h7-15,19,23H,6,16-18H2,1-5H3,(H,26,30)/t23-/m0/s1. The summed E-state index contributed by atoms with van der Waals surface area (Å²) in [7, 11) is -3.72. The molecule has 0 fully saturated rings. The second-order valence-corrected chi connectivity index (χ2v) is 10.6. The Hall–Kier alpha value is -2.87. The number of carbonyl (C=O) groups is 2. The molecule has 0 heterocycles. The van der Waals surface area contributed by atoms with E-state index in [1.165, 1.54) is 4.90 Å². The molecule has 0 aliphatic carbocycles. The smallest absolute Gasteiger partial charge is 0.244 e. The van der Waals surface area contributed by atoms with Crippen molar-refractivity contribution in [2.75, 3.05) is 23.7 Å². The number of rotatable bonds is 11. The van der Waals surface area contributed by atoms with Gasteiger partial charge in [-0.15, -0.1) is 0 Å². The summed E-state index contributed by atoms with van der Waals surface area (Å²) in [6, 6.07) is 15.6. The van der Waals surface area contributed by atoms with Gasteiger partial charge in [0.25, 0.3) is 0 Å². The molecule has 8 heteroatoms. The molecule has 0 aliphatic rings. The number of carbonyl (C=O) groups excluding carboxylic acids is 2. The monoisotopic (exact) mass is 473 g/mol. The summed E-state index contributed by atoms with van der Waals surface area (Å²) in [4.78, 5) is 28.0. The Kier molecular flexibility index (Phi) is 9.46. The number of nitrogens with one attached hydrogen (secondary N) is 1. The molecule has 2 rings (SSSR count). The highest BCUT2D eigenvalue weighted by Gasteiger charge is 2.31. The van der Waals surface area contributed by atoms with Gasteiger partial charge in [-0.2, -0.15) is 0 Å². The van der Waals surface area contributed by atoms with E-state index in [4.69, 9.17) is 0 Å². The summed E-state index contributed by atoms with van der Waals surface area (Å²) < 4.78 is 26.2. The van der Waals surface area contributed by atoms with Gasteiger partial charge in [0, 0.05) is 13.1 Å². The first-order chi connectivity index (χ1) is 15.5. The molecule has 0 bridgehead atoms. The van der Waals surface area contributed by atoms with Crippen LogP contribution >= 0.6 is 0 Å². The minimum Gasteiger partial charge on any atom is -0.354 e. The van der Waals surface area contributed by atoms with Crippen LogP contribution in [0.15, 0.2) is 54.6 Å². The third-order valence-corrected chi connectivity index (χ3v) is 6.41. The first-order valence-electron chi connectivity index (χ1n) is 11.2. The van der Waals surface area contributed by atoms with Crippen LogP contribution in [0.4, 0.5) is 5.69 Å². The van der Waals surface area contributed by atoms with E-state index in [0.717, 1.165) is 21.7 Å². The predicted molar refractivity (Wildman–Crippen MR) is 132 cm³/mol. The molecule has 180 valence electrons. The van der Waals surface area contributed by atoms with E-state index in [1.807, 2.05) is 58.0 Å². The van der Waals surface area contributed by atoms with Crippen molar-refractivity contribution in [3.8, 4) is 0 Å². The summed E-state index contributed by atoms with van der Waals surface area (Å²) in [6.45, 7) is 8.07. The fourth-order valence-corrected chi connectivity index (χ4v) is 4.30. The average Bonchev–Trinajstić information content (AvgIpc) is 2.76. The van der Waals surface area contributed by atoms with Gasteiger partial charge in [0.2, 0.25) is 21.8 Å². The van der Waals surface area contributed by atoms with E-state index in [9.17, 15) is 18.0 Å². The van der Waals surface area contributed by atoms with E-state index < -0.39 is 22.0 Å². The third kappa shape index (κ3) is 7.89. The second kappa shape index (κ2) is 11.8. The number of amides is 2. The van der Waals surface area contributed by atoms with Crippen LogP contribution in [0, 0.1) is 12.8 Å². The molecule has 0 radical (unpaired) electrons. The largest absolute Gasteiger partial charge is 0.354 e. The van der Waals surface area contributed by atoms with Crippen molar-refractivity contribution < 1.29 is 18.0 Å². The number of anilines is 1. The highest BCUT2D eigenvalue weighted by Crippen LogP contribution is 2.20. The van der Waals surface area contributed by atoms with E-state index >= 15 is 0 Å². The van der Waals surface area contributed by atoms with Gasteiger partial charge < -0.3 is 10.2 Å². The van der Waals surface area contributed by atoms with Gasteiger partial charge in [-0.25, -0.2) is 8.42 Å². The van der Waals surface area contributed by atoms with Crippen LogP contribution < -0.4 is 9.62 Å². The fourth-order valence-electron chi connectivity index (χ4n) is 3.45. The van der Waals surface area contributed by atoms with Crippen LogP contribution in [0.5, 0.6) is 0 Å². The number of hydrogen-bond donors (Lipinski definition) is 1. The van der Waals surface area contributed by atoms with Gasteiger partial charge in [-0.3, -0.25) is 13.9 Å². The van der Waals surface area contributed by atoms with Crippen molar-refractivity contribution in [2.45, 2.75) is 46.7 Å². The van der Waals surface area contributed by atoms with Crippen LogP contribution in [0.2, 0.25) is 0 Å². The molecule has 0 unspecified atom stereocenters. The molecule has 33 heavy (non-hydrogen) atoms. The Morgan fingerprint density at radius 3 is 2.12 bits per heavy atom. The van der Waals surface area contributed by atoms with Crippen molar-refractivity contribution in [2.24, 2.45) is 5.92 Å². The Morgan fingerprint density at radius 1 is 1.00 bits per heavy atom. The SMILES string of the molecule is CC[C@@H](C(=O)NCC(C)C)N(Cc1ccccc1)C(=O)CN(c1ccc(C)cc1)S(C)(=O)=O. The third-order valence-electron chi connectivity index (χ3n) is 5.27. The lowest BCUT2D eigenvalue weighted by Gasteiger charge is -2.33. The van der Waals surface area contributed by atoms with Gasteiger partial charge in [0.05, 0.1) is 11.9 Å². The molecule has 2 aromatic rings. The molecule has 0 saturated heterocycles. The van der Waals surface area contributed by atoms with Crippen LogP contribution in [-0.2, 0) is 26.2 Å². The highest BCUT2D eigenvalue weighted by atomic mass is 32.2. The lowest BCUT2D eigenvalue weighted by atomic mass is 10.1. The molecular formula is C25H35N3O4S. The van der Waals surface area contributed by atoms with Crippen LogP contribution in [0.25, 0.3) is 0 Å².